The zero-order valence-corrected chi connectivity index (χ0v) is 15.7. The molecule has 2 aliphatic rings. The lowest BCUT2D eigenvalue weighted by molar-refractivity contribution is -0.117. The molecule has 0 radical (unpaired) electrons. The van der Waals surface area contributed by atoms with E-state index >= 15 is 0 Å². The molecule has 0 aliphatic heterocycles. The lowest BCUT2D eigenvalue weighted by Crippen LogP contribution is -2.40. The average Bonchev–Trinajstić information content (AvgIpc) is 3.60. The van der Waals surface area contributed by atoms with E-state index in [1.165, 1.54) is 24.3 Å². The summed E-state index contributed by atoms with van der Waals surface area (Å²) in [5.74, 6) is -6.10. The summed E-state index contributed by atoms with van der Waals surface area (Å²) in [5, 5.41) is 2.30. The van der Waals surface area contributed by atoms with Crippen LogP contribution in [-0.4, -0.2) is 45.7 Å². The first-order valence-corrected chi connectivity index (χ1v) is 9.40. The number of alkyl halides is 3. The summed E-state index contributed by atoms with van der Waals surface area (Å²) >= 11 is 0. The fraction of sp³-hybridized carbons (Fsp3) is 0.400. The van der Waals surface area contributed by atoms with E-state index in [1.54, 1.807) is 0 Å². The largest absolute Gasteiger partial charge is 0.329 e. The van der Waals surface area contributed by atoms with E-state index in [0.29, 0.717) is 18.4 Å². The van der Waals surface area contributed by atoms with Gasteiger partial charge in [0.25, 0.3) is 11.8 Å². The van der Waals surface area contributed by atoms with Crippen LogP contribution in [0.25, 0.3) is 0 Å². The van der Waals surface area contributed by atoms with Crippen LogP contribution in [0.2, 0.25) is 0 Å². The van der Waals surface area contributed by atoms with Crippen molar-refractivity contribution in [2.24, 2.45) is 5.92 Å². The van der Waals surface area contributed by atoms with Gasteiger partial charge < -0.3 is 4.90 Å². The van der Waals surface area contributed by atoms with Crippen molar-refractivity contribution < 1.29 is 27.2 Å². The standard InChI is InChI=1S/C20H18F4N4O2/c21-15-8-25-18(26-9-15)27-16(29)11-28(10-14-7-20(14,23)24)17(30)12-1-3-13(4-2-12)19(22)5-6-19/h1-4,8-9,14H,5-7,10-11H2,(H,25,26,27,29). The van der Waals surface area contributed by atoms with Crippen LogP contribution in [0, 0.1) is 11.7 Å². The van der Waals surface area contributed by atoms with Gasteiger partial charge in [-0.25, -0.2) is 27.5 Å². The third kappa shape index (κ3) is 4.42. The Morgan fingerprint density at radius 2 is 1.70 bits per heavy atom. The van der Waals surface area contributed by atoms with Gasteiger partial charge >= 0.3 is 0 Å². The van der Waals surface area contributed by atoms with Gasteiger partial charge in [-0.2, -0.15) is 0 Å². The van der Waals surface area contributed by atoms with Gasteiger partial charge in [-0.05, 0) is 30.5 Å². The van der Waals surface area contributed by atoms with E-state index in [1.807, 2.05) is 0 Å². The Kier molecular flexibility index (Phi) is 4.95. The minimum Gasteiger partial charge on any atom is -0.329 e. The van der Waals surface area contributed by atoms with Crippen LogP contribution in [0.3, 0.4) is 0 Å². The van der Waals surface area contributed by atoms with Crippen LogP contribution in [0.15, 0.2) is 36.7 Å². The smallest absolute Gasteiger partial charge is 0.254 e. The Labute approximate surface area is 169 Å². The molecule has 6 nitrogen and oxygen atoms in total. The summed E-state index contributed by atoms with van der Waals surface area (Å²) in [4.78, 5) is 33.3. The maximum Gasteiger partial charge on any atom is 0.254 e. The van der Waals surface area contributed by atoms with Crippen molar-refractivity contribution in [2.45, 2.75) is 30.9 Å². The molecule has 1 aromatic carbocycles. The molecular formula is C20H18F4N4O2. The number of anilines is 1. The van der Waals surface area contributed by atoms with Gasteiger partial charge in [0.15, 0.2) is 5.82 Å². The molecule has 158 valence electrons. The van der Waals surface area contributed by atoms with Crippen molar-refractivity contribution in [2.75, 3.05) is 18.4 Å². The third-order valence-electron chi connectivity index (χ3n) is 5.23. The zero-order valence-electron chi connectivity index (χ0n) is 15.7. The fourth-order valence-corrected chi connectivity index (χ4v) is 3.16. The van der Waals surface area contributed by atoms with E-state index in [2.05, 4.69) is 15.3 Å². The number of hydrogen-bond donors (Lipinski definition) is 1. The summed E-state index contributed by atoms with van der Waals surface area (Å²) in [7, 11) is 0. The topological polar surface area (TPSA) is 75.2 Å². The first-order chi connectivity index (χ1) is 14.2. The number of rotatable bonds is 7. The number of carbonyl (C=O) groups is 2. The van der Waals surface area contributed by atoms with Crippen LogP contribution >= 0.6 is 0 Å². The predicted octanol–water partition coefficient (Wildman–Crippen LogP) is 3.31. The van der Waals surface area contributed by atoms with Gasteiger partial charge in [-0.1, -0.05) is 12.1 Å². The van der Waals surface area contributed by atoms with E-state index in [9.17, 15) is 27.2 Å². The Morgan fingerprint density at radius 3 is 2.23 bits per heavy atom. The van der Waals surface area contributed by atoms with E-state index in [0.717, 1.165) is 17.3 Å². The molecule has 30 heavy (non-hydrogen) atoms. The molecule has 2 aliphatic carbocycles. The summed E-state index contributed by atoms with van der Waals surface area (Å²) in [5.41, 5.74) is -0.727. The maximum atomic E-state index is 14.1. The molecule has 2 aromatic rings. The Balaban J connectivity index is 1.46. The molecule has 1 N–H and O–H groups in total. The molecule has 4 rings (SSSR count). The second-order valence-electron chi connectivity index (χ2n) is 7.66. The highest BCUT2D eigenvalue weighted by Crippen LogP contribution is 2.50. The van der Waals surface area contributed by atoms with E-state index in [4.69, 9.17) is 0 Å². The van der Waals surface area contributed by atoms with Crippen molar-refractivity contribution >= 4 is 17.8 Å². The molecule has 2 fully saturated rings. The summed E-state index contributed by atoms with van der Waals surface area (Å²) in [6, 6.07) is 5.85. The Morgan fingerprint density at radius 1 is 1.10 bits per heavy atom. The molecule has 1 unspecified atom stereocenters. The predicted molar refractivity (Wildman–Crippen MR) is 98.0 cm³/mol. The molecule has 1 aromatic heterocycles. The first kappa shape index (κ1) is 20.2. The molecule has 0 spiro atoms. The molecular weight excluding hydrogens is 404 g/mol. The van der Waals surface area contributed by atoms with E-state index in [-0.39, 0.29) is 24.5 Å². The molecule has 0 bridgehead atoms. The van der Waals surface area contributed by atoms with Gasteiger partial charge in [-0.15, -0.1) is 0 Å². The Hall–Kier alpha value is -3.04. The minimum absolute atomic E-state index is 0.165. The van der Waals surface area contributed by atoms with Gasteiger partial charge in [0.2, 0.25) is 11.9 Å². The number of benzene rings is 1. The summed E-state index contributed by atoms with van der Waals surface area (Å²) in [6.45, 7) is -0.820. The first-order valence-electron chi connectivity index (χ1n) is 9.40. The highest BCUT2D eigenvalue weighted by atomic mass is 19.3. The second-order valence-corrected chi connectivity index (χ2v) is 7.66. The van der Waals surface area contributed by atoms with Crippen LogP contribution in [0.4, 0.5) is 23.5 Å². The summed E-state index contributed by atoms with van der Waals surface area (Å²) in [6.07, 6.45) is 2.21. The number of hydrogen-bond acceptors (Lipinski definition) is 4. The highest BCUT2D eigenvalue weighted by molar-refractivity contribution is 5.99. The molecule has 1 heterocycles. The molecule has 2 saturated carbocycles. The molecule has 0 saturated heterocycles. The summed E-state index contributed by atoms with van der Waals surface area (Å²) < 4.78 is 53.8. The quantitative estimate of drug-likeness (QED) is 0.695. The van der Waals surface area contributed by atoms with Crippen molar-refractivity contribution in [3.63, 3.8) is 0 Å². The lowest BCUT2D eigenvalue weighted by atomic mass is 10.1. The number of amides is 2. The number of halogens is 4. The van der Waals surface area contributed by atoms with Gasteiger partial charge in [-0.3, -0.25) is 14.9 Å². The number of carbonyl (C=O) groups excluding carboxylic acids is 2. The maximum absolute atomic E-state index is 14.1. The van der Waals surface area contributed by atoms with Crippen LogP contribution in [-0.2, 0) is 10.5 Å². The zero-order chi connectivity index (χ0) is 21.5. The molecule has 2 amide bonds. The normalized spacial score (nSPS) is 20.3. The number of aromatic nitrogens is 2. The lowest BCUT2D eigenvalue weighted by Gasteiger charge is -2.22. The average molecular weight is 422 g/mol. The minimum atomic E-state index is -2.87. The van der Waals surface area contributed by atoms with Crippen molar-refractivity contribution in [1.82, 2.24) is 14.9 Å². The van der Waals surface area contributed by atoms with Gasteiger partial charge in [0, 0.05) is 24.4 Å². The third-order valence-corrected chi connectivity index (χ3v) is 5.23. The highest BCUT2D eigenvalue weighted by Gasteiger charge is 2.57. The van der Waals surface area contributed by atoms with Crippen molar-refractivity contribution in [3.05, 3.63) is 53.6 Å². The van der Waals surface area contributed by atoms with Crippen LogP contribution in [0.1, 0.15) is 35.2 Å². The number of nitrogens with zero attached hydrogens (tertiary/aromatic N) is 3. The number of nitrogens with one attached hydrogen (secondary N) is 1. The van der Waals surface area contributed by atoms with Crippen molar-refractivity contribution in [1.29, 1.82) is 0 Å². The van der Waals surface area contributed by atoms with E-state index < -0.39 is 41.7 Å². The monoisotopic (exact) mass is 422 g/mol. The molecule has 1 atom stereocenters. The van der Waals surface area contributed by atoms with Crippen molar-refractivity contribution in [3.8, 4) is 0 Å². The van der Waals surface area contributed by atoms with Gasteiger partial charge in [0.1, 0.15) is 12.2 Å². The van der Waals surface area contributed by atoms with Crippen LogP contribution in [0.5, 0.6) is 0 Å². The van der Waals surface area contributed by atoms with Gasteiger partial charge in [0.05, 0.1) is 12.4 Å². The Bertz CT molecular complexity index is 962. The van der Waals surface area contributed by atoms with Crippen LogP contribution < -0.4 is 5.32 Å². The second kappa shape index (κ2) is 7.33. The molecule has 10 heteroatoms. The fourth-order valence-electron chi connectivity index (χ4n) is 3.16. The SMILES string of the molecule is O=C(CN(CC1CC1(F)F)C(=O)c1ccc(C2(F)CC2)cc1)Nc1ncc(F)cn1.